The Morgan fingerprint density at radius 3 is 2.38 bits per heavy atom. The van der Waals surface area contributed by atoms with Gasteiger partial charge in [-0.15, -0.1) is 0 Å². The van der Waals surface area contributed by atoms with Crippen LogP contribution in [0.4, 0.5) is 0 Å². The molecule has 0 saturated heterocycles. The van der Waals surface area contributed by atoms with Crippen LogP contribution >= 0.6 is 0 Å². The van der Waals surface area contributed by atoms with E-state index < -0.39 is 0 Å². The molecule has 0 atom stereocenters. The lowest BCUT2D eigenvalue weighted by Crippen LogP contribution is -2.14. The summed E-state index contributed by atoms with van der Waals surface area (Å²) in [5.74, 6) is -0.0328. The van der Waals surface area contributed by atoms with E-state index in [0.29, 0.717) is 13.2 Å². The van der Waals surface area contributed by atoms with Crippen LogP contribution in [-0.4, -0.2) is 26.3 Å². The molecule has 0 aromatic rings. The molecule has 0 fully saturated rings. The summed E-state index contributed by atoms with van der Waals surface area (Å²) >= 11 is 0. The van der Waals surface area contributed by atoms with Crippen molar-refractivity contribution in [3.8, 4) is 0 Å². The van der Waals surface area contributed by atoms with Crippen LogP contribution in [0.25, 0.3) is 0 Å². The van der Waals surface area contributed by atoms with E-state index in [-0.39, 0.29) is 11.9 Å². The molecule has 3 nitrogen and oxygen atoms in total. The van der Waals surface area contributed by atoms with Gasteiger partial charge in [-0.2, -0.15) is 0 Å². The molecule has 0 N–H and O–H groups in total. The maximum Gasteiger partial charge on any atom is 0.334 e. The second-order valence-electron chi connectivity index (χ2n) is 3.03. The summed E-state index contributed by atoms with van der Waals surface area (Å²) < 4.78 is 9.73. The Hall–Kier alpha value is -0.830. The molecule has 13 heavy (non-hydrogen) atoms. The zero-order valence-electron chi connectivity index (χ0n) is 8.79. The zero-order chi connectivity index (χ0) is 10.3. The number of allylic oxidation sites excluding steroid dienone is 1. The highest BCUT2D eigenvalue weighted by molar-refractivity contribution is 5.88. The van der Waals surface area contributed by atoms with E-state index in [1.54, 1.807) is 13.2 Å². The number of esters is 1. The fourth-order valence-corrected chi connectivity index (χ4v) is 0.988. The summed E-state index contributed by atoms with van der Waals surface area (Å²) in [6.45, 7) is 6.53. The van der Waals surface area contributed by atoms with Gasteiger partial charge in [0.25, 0.3) is 0 Å². The van der Waals surface area contributed by atoms with Crippen molar-refractivity contribution in [2.45, 2.75) is 20.8 Å². The van der Waals surface area contributed by atoms with Gasteiger partial charge >= 0.3 is 5.97 Å². The molecule has 76 valence electrons. The van der Waals surface area contributed by atoms with E-state index in [4.69, 9.17) is 9.47 Å². The lowest BCUT2D eigenvalue weighted by molar-refractivity contribution is -0.140. The quantitative estimate of drug-likeness (QED) is 0.373. The zero-order valence-corrected chi connectivity index (χ0v) is 8.79. The minimum atomic E-state index is -0.241. The molecule has 0 saturated carbocycles. The van der Waals surface area contributed by atoms with Crippen LogP contribution in [0.1, 0.15) is 20.8 Å². The molecule has 0 radical (unpaired) electrons. The molecular formula is C10H18O3. The van der Waals surface area contributed by atoms with Gasteiger partial charge < -0.3 is 9.47 Å². The number of hydrogen-bond acceptors (Lipinski definition) is 3. The van der Waals surface area contributed by atoms with E-state index in [1.807, 2.05) is 20.8 Å². The molecular weight excluding hydrogens is 168 g/mol. The highest BCUT2D eigenvalue weighted by atomic mass is 16.6. The maximum atomic E-state index is 11.3. The van der Waals surface area contributed by atoms with E-state index in [0.717, 1.165) is 5.57 Å². The van der Waals surface area contributed by atoms with Crippen LogP contribution in [0.15, 0.2) is 11.6 Å². The Bertz CT molecular complexity index is 183. The van der Waals surface area contributed by atoms with E-state index in [1.165, 1.54) is 0 Å². The molecule has 0 bridgehead atoms. The van der Waals surface area contributed by atoms with Gasteiger partial charge in [-0.05, 0) is 12.8 Å². The van der Waals surface area contributed by atoms with Crippen LogP contribution in [0.5, 0.6) is 0 Å². The standard InChI is InChI=1S/C10H18O3/c1-5-9(8(2)3)10(11)13-7-6-12-4/h5,8H,6-7H2,1-4H3/b9-5+. The van der Waals surface area contributed by atoms with Crippen molar-refractivity contribution < 1.29 is 14.3 Å². The topological polar surface area (TPSA) is 35.5 Å². The number of methoxy groups -OCH3 is 1. The monoisotopic (exact) mass is 186 g/mol. The van der Waals surface area contributed by atoms with E-state index in [9.17, 15) is 4.79 Å². The van der Waals surface area contributed by atoms with Crippen molar-refractivity contribution in [2.24, 2.45) is 5.92 Å². The van der Waals surface area contributed by atoms with Crippen LogP contribution in [0.3, 0.4) is 0 Å². The van der Waals surface area contributed by atoms with Crippen LogP contribution in [-0.2, 0) is 14.3 Å². The first-order valence-corrected chi connectivity index (χ1v) is 4.45. The molecule has 0 spiro atoms. The second-order valence-corrected chi connectivity index (χ2v) is 3.03. The molecule has 0 aliphatic heterocycles. The predicted molar refractivity (Wildman–Crippen MR) is 51.4 cm³/mol. The van der Waals surface area contributed by atoms with Gasteiger partial charge in [0.1, 0.15) is 6.61 Å². The maximum absolute atomic E-state index is 11.3. The van der Waals surface area contributed by atoms with E-state index in [2.05, 4.69) is 0 Å². The number of rotatable bonds is 5. The highest BCUT2D eigenvalue weighted by Gasteiger charge is 2.12. The number of carbonyl (C=O) groups excluding carboxylic acids is 1. The first-order valence-electron chi connectivity index (χ1n) is 4.45. The minimum absolute atomic E-state index is 0.208. The second kappa shape index (κ2) is 6.66. The van der Waals surface area contributed by atoms with Crippen molar-refractivity contribution in [1.29, 1.82) is 0 Å². The number of carbonyl (C=O) groups is 1. The largest absolute Gasteiger partial charge is 0.460 e. The van der Waals surface area contributed by atoms with Crippen molar-refractivity contribution in [3.63, 3.8) is 0 Å². The molecule has 0 heterocycles. The molecule has 0 aliphatic carbocycles. The Morgan fingerprint density at radius 2 is 2.00 bits per heavy atom. The van der Waals surface area contributed by atoms with Crippen molar-refractivity contribution in [3.05, 3.63) is 11.6 Å². The van der Waals surface area contributed by atoms with Gasteiger partial charge in [0, 0.05) is 12.7 Å². The Morgan fingerprint density at radius 1 is 1.38 bits per heavy atom. The third kappa shape index (κ3) is 4.68. The normalized spacial score (nSPS) is 11.9. The fourth-order valence-electron chi connectivity index (χ4n) is 0.988. The summed E-state index contributed by atoms with van der Waals surface area (Å²) in [5.41, 5.74) is 0.719. The number of hydrogen-bond donors (Lipinski definition) is 0. The Labute approximate surface area is 79.7 Å². The molecule has 3 heteroatoms. The molecule has 0 unspecified atom stereocenters. The average Bonchev–Trinajstić information content (AvgIpc) is 2.05. The van der Waals surface area contributed by atoms with E-state index >= 15 is 0 Å². The van der Waals surface area contributed by atoms with Crippen LogP contribution < -0.4 is 0 Å². The van der Waals surface area contributed by atoms with Gasteiger partial charge in [0.2, 0.25) is 0 Å². The van der Waals surface area contributed by atoms with Gasteiger partial charge in [-0.3, -0.25) is 0 Å². The summed E-state index contributed by atoms with van der Waals surface area (Å²) in [6.07, 6.45) is 1.79. The average molecular weight is 186 g/mol. The minimum Gasteiger partial charge on any atom is -0.460 e. The van der Waals surface area contributed by atoms with Crippen LogP contribution in [0, 0.1) is 5.92 Å². The number of ether oxygens (including phenoxy) is 2. The lowest BCUT2D eigenvalue weighted by atomic mass is 10.0. The third-order valence-corrected chi connectivity index (χ3v) is 1.69. The SMILES string of the molecule is C/C=C(/C(=O)OCCOC)C(C)C. The molecule has 0 amide bonds. The molecule has 0 aromatic heterocycles. The third-order valence-electron chi connectivity index (χ3n) is 1.69. The van der Waals surface area contributed by atoms with Gasteiger partial charge in [-0.1, -0.05) is 19.9 Å². The summed E-state index contributed by atoms with van der Waals surface area (Å²) in [5, 5.41) is 0. The molecule has 0 rings (SSSR count). The van der Waals surface area contributed by atoms with Crippen molar-refractivity contribution in [1.82, 2.24) is 0 Å². The predicted octanol–water partition coefficient (Wildman–Crippen LogP) is 1.78. The van der Waals surface area contributed by atoms with Crippen LogP contribution in [0.2, 0.25) is 0 Å². The summed E-state index contributed by atoms with van der Waals surface area (Å²) in [7, 11) is 1.58. The first kappa shape index (κ1) is 12.2. The molecule has 0 aromatic carbocycles. The van der Waals surface area contributed by atoms with Gasteiger partial charge in [0.15, 0.2) is 0 Å². The smallest absolute Gasteiger partial charge is 0.334 e. The van der Waals surface area contributed by atoms with Gasteiger partial charge in [0.05, 0.1) is 6.61 Å². The molecule has 0 aliphatic rings. The highest BCUT2D eigenvalue weighted by Crippen LogP contribution is 2.10. The van der Waals surface area contributed by atoms with Gasteiger partial charge in [-0.25, -0.2) is 4.79 Å². The summed E-state index contributed by atoms with van der Waals surface area (Å²) in [6, 6.07) is 0. The Kier molecular flexibility index (Phi) is 6.24. The van der Waals surface area contributed by atoms with Crippen molar-refractivity contribution in [2.75, 3.05) is 20.3 Å². The Balaban J connectivity index is 3.94. The summed E-state index contributed by atoms with van der Waals surface area (Å²) in [4.78, 5) is 11.3. The van der Waals surface area contributed by atoms with Crippen molar-refractivity contribution >= 4 is 5.97 Å². The first-order chi connectivity index (χ1) is 6.13. The lowest BCUT2D eigenvalue weighted by Gasteiger charge is -2.09. The fraction of sp³-hybridized carbons (Fsp3) is 0.700.